The smallest absolute Gasteiger partial charge is 0.332 e. The molecular weight excluding hydrogens is 493 g/mol. The van der Waals surface area contributed by atoms with E-state index in [9.17, 15) is 14.3 Å². The molecular formula is C28H27ClFN5O2. The van der Waals surface area contributed by atoms with Gasteiger partial charge < -0.3 is 14.6 Å². The summed E-state index contributed by atoms with van der Waals surface area (Å²) < 4.78 is 17.7. The third kappa shape index (κ3) is 4.10. The van der Waals surface area contributed by atoms with Crippen LogP contribution in [0.15, 0.2) is 66.0 Å². The second-order valence-corrected chi connectivity index (χ2v) is 10.4. The Labute approximate surface area is 219 Å². The van der Waals surface area contributed by atoms with E-state index in [1.807, 2.05) is 12.3 Å². The summed E-state index contributed by atoms with van der Waals surface area (Å²) in [4.78, 5) is 21.6. The number of phenols is 1. The van der Waals surface area contributed by atoms with Gasteiger partial charge >= 0.3 is 5.69 Å². The Morgan fingerprint density at radius 3 is 2.32 bits per heavy atom. The fourth-order valence-electron chi connectivity index (χ4n) is 5.63. The highest BCUT2D eigenvalue weighted by molar-refractivity contribution is 6.32. The number of likely N-dealkylation sites (N-methyl/N-ethyl adjacent to an activating group) is 1. The molecule has 9 heteroatoms. The van der Waals surface area contributed by atoms with Crippen molar-refractivity contribution < 1.29 is 9.50 Å². The molecule has 2 saturated heterocycles. The van der Waals surface area contributed by atoms with Crippen LogP contribution >= 0.6 is 11.6 Å². The number of rotatable bonds is 4. The highest BCUT2D eigenvalue weighted by Gasteiger charge is 2.37. The average Bonchev–Trinajstić information content (AvgIpc) is 3.30. The van der Waals surface area contributed by atoms with Crippen LogP contribution in [0, 0.1) is 5.82 Å². The van der Waals surface area contributed by atoms with E-state index in [4.69, 9.17) is 11.6 Å². The molecule has 0 radical (unpaired) electrons. The maximum Gasteiger partial charge on any atom is 0.332 e. The molecule has 0 aliphatic carbocycles. The first-order valence-corrected chi connectivity index (χ1v) is 12.7. The van der Waals surface area contributed by atoms with Gasteiger partial charge in [0, 0.05) is 67.5 Å². The summed E-state index contributed by atoms with van der Waals surface area (Å²) in [6, 6.07) is 10.7. The van der Waals surface area contributed by atoms with Crippen LogP contribution in [0.25, 0.3) is 27.9 Å². The van der Waals surface area contributed by atoms with Crippen molar-refractivity contribution in [2.75, 3.05) is 25.0 Å². The number of aryl methyl sites for hydroxylation is 1. The minimum absolute atomic E-state index is 0.0560. The zero-order valence-electron chi connectivity index (χ0n) is 20.6. The molecule has 2 aliphatic heterocycles. The molecule has 2 fully saturated rings. The summed E-state index contributed by atoms with van der Waals surface area (Å²) in [6.07, 6.45) is 9.14. The normalized spacial score (nSPS) is 19.5. The first-order valence-electron chi connectivity index (χ1n) is 12.3. The van der Waals surface area contributed by atoms with Crippen LogP contribution in [0.4, 0.5) is 10.1 Å². The summed E-state index contributed by atoms with van der Waals surface area (Å²) in [6.45, 7) is 1.85. The molecule has 4 heterocycles. The van der Waals surface area contributed by atoms with Gasteiger partial charge in [-0.3, -0.25) is 14.5 Å². The Bertz CT molecular complexity index is 1550. The second kappa shape index (κ2) is 9.04. The average molecular weight is 520 g/mol. The van der Waals surface area contributed by atoms with Gasteiger partial charge in [0.1, 0.15) is 11.6 Å². The van der Waals surface area contributed by atoms with Crippen LogP contribution in [0.3, 0.4) is 0 Å². The monoisotopic (exact) mass is 519 g/mol. The number of fused-ring (bicyclic) bond motifs is 2. The van der Waals surface area contributed by atoms with Crippen molar-refractivity contribution in [3.63, 3.8) is 0 Å². The number of phenolic OH excluding ortho intramolecular Hbond substituents is 1. The van der Waals surface area contributed by atoms with E-state index in [-0.39, 0.29) is 11.4 Å². The fraction of sp³-hybridized carbons (Fsp3) is 0.286. The van der Waals surface area contributed by atoms with Crippen LogP contribution in [-0.4, -0.2) is 56.3 Å². The van der Waals surface area contributed by atoms with Gasteiger partial charge in [0.05, 0.1) is 22.6 Å². The van der Waals surface area contributed by atoms with Crippen LogP contribution in [-0.2, 0) is 7.05 Å². The van der Waals surface area contributed by atoms with Gasteiger partial charge in [-0.1, -0.05) is 17.7 Å². The summed E-state index contributed by atoms with van der Waals surface area (Å²) in [5, 5.41) is 11.6. The van der Waals surface area contributed by atoms with Crippen LogP contribution in [0.1, 0.15) is 12.8 Å². The van der Waals surface area contributed by atoms with Crippen molar-refractivity contribution in [1.29, 1.82) is 0 Å². The fourth-order valence-corrected chi connectivity index (χ4v) is 5.90. The molecule has 6 rings (SSSR count). The van der Waals surface area contributed by atoms with E-state index in [0.717, 1.165) is 18.8 Å². The molecule has 2 aromatic heterocycles. The lowest BCUT2D eigenvalue weighted by Gasteiger charge is -2.40. The van der Waals surface area contributed by atoms with Crippen molar-refractivity contribution >= 4 is 17.3 Å². The summed E-state index contributed by atoms with van der Waals surface area (Å²) in [5.41, 5.74) is 3.09. The van der Waals surface area contributed by atoms with Gasteiger partial charge in [0.15, 0.2) is 0 Å². The van der Waals surface area contributed by atoms with Gasteiger partial charge in [-0.05, 0) is 55.8 Å². The number of pyridine rings is 1. The maximum absolute atomic E-state index is 14.9. The number of anilines is 1. The molecule has 37 heavy (non-hydrogen) atoms. The van der Waals surface area contributed by atoms with Crippen molar-refractivity contribution in [3.8, 4) is 33.7 Å². The SMILES string of the molecule is CN1C2CCC1CN(c1cncc(-c3cc(F)cc(-c4ccc(-n5ccn(C)c5=O)c(Cl)c4)c3O)c1)C2. The Morgan fingerprint density at radius 1 is 0.973 bits per heavy atom. The predicted molar refractivity (Wildman–Crippen MR) is 143 cm³/mol. The number of aromatic hydroxyl groups is 1. The lowest BCUT2D eigenvalue weighted by Crippen LogP contribution is -2.52. The number of benzene rings is 2. The molecule has 0 spiro atoms. The van der Waals surface area contributed by atoms with Crippen LogP contribution < -0.4 is 10.6 Å². The van der Waals surface area contributed by atoms with Crippen molar-refractivity contribution in [2.45, 2.75) is 24.9 Å². The summed E-state index contributed by atoms with van der Waals surface area (Å²) >= 11 is 6.53. The first kappa shape index (κ1) is 23.8. The van der Waals surface area contributed by atoms with Crippen molar-refractivity contribution in [1.82, 2.24) is 19.0 Å². The lowest BCUT2D eigenvalue weighted by atomic mass is 9.97. The molecule has 2 unspecified atom stereocenters. The predicted octanol–water partition coefficient (Wildman–Crippen LogP) is 4.69. The Morgan fingerprint density at radius 2 is 1.68 bits per heavy atom. The topological polar surface area (TPSA) is 66.5 Å². The number of halogens is 2. The zero-order valence-corrected chi connectivity index (χ0v) is 21.4. The van der Waals surface area contributed by atoms with Gasteiger partial charge in [-0.25, -0.2) is 9.18 Å². The summed E-state index contributed by atoms with van der Waals surface area (Å²) in [7, 11) is 3.85. The van der Waals surface area contributed by atoms with Gasteiger partial charge in [0.25, 0.3) is 0 Å². The maximum atomic E-state index is 14.9. The number of hydrogen-bond donors (Lipinski definition) is 1. The number of piperazine rings is 1. The third-order valence-electron chi connectivity index (χ3n) is 7.79. The first-order chi connectivity index (χ1) is 17.8. The highest BCUT2D eigenvalue weighted by atomic mass is 35.5. The minimum atomic E-state index is -0.481. The molecule has 190 valence electrons. The number of imidazole rings is 1. The lowest BCUT2D eigenvalue weighted by molar-refractivity contribution is 0.212. The van der Waals surface area contributed by atoms with E-state index in [1.165, 1.54) is 34.1 Å². The standard InChI is InChI=1S/C28H27ClFN5O2/c1-32-7-8-35(28(32)37)26-6-3-17(10-25(26)29)23-11-19(30)12-24(27(23)36)18-9-22(14-31-13-18)34-15-20-4-5-21(16-34)33(20)2/h3,6-14,20-21,36H,4-5,15-16H2,1-2H3. The van der Waals surface area contributed by atoms with Gasteiger partial charge in [-0.2, -0.15) is 0 Å². The largest absolute Gasteiger partial charge is 0.507 e. The minimum Gasteiger partial charge on any atom is -0.507 e. The Balaban J connectivity index is 1.36. The van der Waals surface area contributed by atoms with E-state index in [1.54, 1.807) is 43.8 Å². The summed E-state index contributed by atoms with van der Waals surface area (Å²) in [5.74, 6) is -0.537. The number of aromatic nitrogens is 3. The van der Waals surface area contributed by atoms with Crippen molar-refractivity contribution in [2.24, 2.45) is 7.05 Å². The van der Waals surface area contributed by atoms with Gasteiger partial charge in [-0.15, -0.1) is 0 Å². The zero-order chi connectivity index (χ0) is 25.8. The van der Waals surface area contributed by atoms with E-state index in [2.05, 4.69) is 21.8 Å². The van der Waals surface area contributed by atoms with E-state index >= 15 is 0 Å². The second-order valence-electron chi connectivity index (χ2n) is 9.96. The van der Waals surface area contributed by atoms with E-state index < -0.39 is 5.82 Å². The molecule has 2 bridgehead atoms. The Hall–Kier alpha value is -3.62. The number of nitrogens with zero attached hydrogens (tertiary/aromatic N) is 5. The number of hydrogen-bond acceptors (Lipinski definition) is 5. The van der Waals surface area contributed by atoms with E-state index in [0.29, 0.717) is 45.0 Å². The molecule has 1 N–H and O–H groups in total. The third-order valence-corrected chi connectivity index (χ3v) is 8.09. The van der Waals surface area contributed by atoms with Gasteiger partial charge in [0.2, 0.25) is 0 Å². The molecule has 0 saturated carbocycles. The van der Waals surface area contributed by atoms with Crippen LogP contribution in [0.5, 0.6) is 5.75 Å². The molecule has 2 aliphatic rings. The van der Waals surface area contributed by atoms with Crippen molar-refractivity contribution in [3.05, 3.63) is 82.5 Å². The molecule has 2 atom stereocenters. The quantitative estimate of drug-likeness (QED) is 0.424. The molecule has 2 aromatic carbocycles. The molecule has 7 nitrogen and oxygen atoms in total. The Kier molecular flexibility index (Phi) is 5.81. The molecule has 4 aromatic rings. The van der Waals surface area contributed by atoms with Crippen LogP contribution in [0.2, 0.25) is 5.02 Å². The highest BCUT2D eigenvalue weighted by Crippen LogP contribution is 2.41. The molecule has 0 amide bonds.